The smallest absolute Gasteiger partial charge is 0.338 e. The molecule has 2 aliphatic heterocycles. The minimum absolute atomic E-state index is 0.00551. The first kappa shape index (κ1) is 51.7. The number of rotatable bonds is 18. The van der Waals surface area contributed by atoms with Crippen molar-refractivity contribution >= 4 is 29.8 Å². The normalized spacial score (nSPS) is 24.5. The first-order valence-corrected chi connectivity index (χ1v) is 23.1. The van der Waals surface area contributed by atoms with Crippen molar-refractivity contribution in [1.82, 2.24) is 10.6 Å². The van der Waals surface area contributed by atoms with Crippen molar-refractivity contribution in [3.63, 3.8) is 0 Å². The van der Waals surface area contributed by atoms with E-state index in [9.17, 15) is 44.7 Å². The molecule has 2 saturated heterocycles. The van der Waals surface area contributed by atoms with Gasteiger partial charge in [0.05, 0.1) is 31.4 Å². The van der Waals surface area contributed by atoms with E-state index in [2.05, 4.69) is 10.6 Å². The highest BCUT2D eigenvalue weighted by Crippen LogP contribution is 2.47. The zero-order chi connectivity index (χ0) is 50.0. The maximum atomic E-state index is 14.1. The molecule has 2 amide bonds. The minimum atomic E-state index is -1.58. The van der Waals surface area contributed by atoms with Gasteiger partial charge in [0.1, 0.15) is 48.3 Å². The largest absolute Gasteiger partial charge is 0.460 e. The van der Waals surface area contributed by atoms with Crippen LogP contribution in [0.25, 0.3) is 6.08 Å². The number of fused-ring (bicyclic) bond motifs is 1. The number of benzene rings is 4. The second-order valence-electron chi connectivity index (χ2n) is 18.3. The summed E-state index contributed by atoms with van der Waals surface area (Å²) in [6, 6.07) is 31.2. The molecule has 9 unspecified atom stereocenters. The molecule has 9 atom stereocenters. The quantitative estimate of drug-likeness (QED) is 0.0705. The summed E-state index contributed by atoms with van der Waals surface area (Å²) >= 11 is 0. The number of aliphatic hydroxyl groups excluding tert-OH is 5. The summed E-state index contributed by atoms with van der Waals surface area (Å²) in [5, 5.41) is 55.5. The van der Waals surface area contributed by atoms with Gasteiger partial charge < -0.3 is 64.6 Å². The molecule has 0 spiro atoms. The summed E-state index contributed by atoms with van der Waals surface area (Å²) in [5.74, 6) is -3.50. The van der Waals surface area contributed by atoms with Crippen LogP contribution >= 0.6 is 0 Å². The van der Waals surface area contributed by atoms with Gasteiger partial charge in [-0.2, -0.15) is 0 Å². The molecule has 4 aromatic rings. The van der Waals surface area contributed by atoms with Crippen LogP contribution in [0.1, 0.15) is 83.0 Å². The Morgan fingerprint density at radius 1 is 0.814 bits per heavy atom. The minimum Gasteiger partial charge on any atom is -0.460 e. The van der Waals surface area contributed by atoms with E-state index in [-0.39, 0.29) is 55.7 Å². The van der Waals surface area contributed by atoms with E-state index in [0.29, 0.717) is 22.3 Å². The van der Waals surface area contributed by atoms with E-state index in [4.69, 9.17) is 28.4 Å². The second kappa shape index (κ2) is 23.2. The third-order valence-electron chi connectivity index (χ3n) is 11.9. The van der Waals surface area contributed by atoms with E-state index in [0.717, 1.165) is 0 Å². The van der Waals surface area contributed by atoms with Crippen LogP contribution in [-0.2, 0) is 50.3 Å². The highest BCUT2D eigenvalue weighted by molar-refractivity contribution is 5.95. The molecule has 17 nitrogen and oxygen atoms in total. The predicted molar refractivity (Wildman–Crippen MR) is 252 cm³/mol. The Morgan fingerprint density at radius 2 is 1.50 bits per heavy atom. The molecule has 3 aliphatic rings. The monoisotopic (exact) mass is 964 g/mol. The van der Waals surface area contributed by atoms with E-state index in [1.54, 1.807) is 87.5 Å². The average molecular weight is 965 g/mol. The fourth-order valence-electron chi connectivity index (χ4n) is 8.39. The van der Waals surface area contributed by atoms with Crippen LogP contribution < -0.4 is 10.6 Å². The lowest BCUT2D eigenvalue weighted by molar-refractivity contribution is -0.298. The van der Waals surface area contributed by atoms with Gasteiger partial charge in [-0.05, 0) is 68.7 Å². The van der Waals surface area contributed by atoms with Crippen molar-refractivity contribution in [2.75, 3.05) is 19.8 Å². The number of aliphatic hydroxyl groups is 5. The van der Waals surface area contributed by atoms with E-state index < -0.39 is 96.8 Å². The molecule has 1 aliphatic carbocycles. The molecule has 70 heavy (non-hydrogen) atoms. The molecule has 17 heteroatoms. The van der Waals surface area contributed by atoms with Gasteiger partial charge in [0, 0.05) is 41.6 Å². The summed E-state index contributed by atoms with van der Waals surface area (Å²) in [6.07, 6.45) is -4.72. The standard InChI is InChI=1S/C53H60N2O15/c1-52(2,3)69-43(58)23-22-39(30-56)55-49(63)34-16-11-14-33(26-34)29-54-48(62)36-27-40(47-41(28-36)68-53(70-47,37-18-6-4-7-19-37)38-20-8-5-9-21-38)66-50(64)35-17-10-13-32(25-35)15-12-24-65-51-46(61)45(60)44(59)42(31-57)67-51/h4-21,25-26,28,39-42,44-47,51,56-57,59-61H,22-24,27,29-31H2,1-3H3,(H,54,62)(H,55,63). The molecule has 0 bridgehead atoms. The van der Waals surface area contributed by atoms with Crippen LogP contribution in [0, 0.1) is 0 Å². The van der Waals surface area contributed by atoms with Gasteiger partial charge in [0.2, 0.25) is 11.7 Å². The van der Waals surface area contributed by atoms with Crippen molar-refractivity contribution in [3.05, 3.63) is 160 Å². The number of hydrogen-bond donors (Lipinski definition) is 7. The average Bonchev–Trinajstić information content (AvgIpc) is 3.77. The van der Waals surface area contributed by atoms with Gasteiger partial charge in [-0.3, -0.25) is 14.4 Å². The summed E-state index contributed by atoms with van der Waals surface area (Å²) in [4.78, 5) is 53.6. The maximum absolute atomic E-state index is 14.1. The zero-order valence-electron chi connectivity index (χ0n) is 39.1. The Kier molecular flexibility index (Phi) is 17.1. The summed E-state index contributed by atoms with van der Waals surface area (Å²) in [5.41, 5.74) is 2.67. The van der Waals surface area contributed by atoms with Crippen molar-refractivity contribution in [3.8, 4) is 0 Å². The summed E-state index contributed by atoms with van der Waals surface area (Å²) in [7, 11) is 0. The molecule has 7 rings (SSSR count). The van der Waals surface area contributed by atoms with Crippen molar-refractivity contribution in [2.24, 2.45) is 0 Å². The molecule has 4 aromatic carbocycles. The number of ether oxygens (including phenoxy) is 6. The Hall–Kier alpha value is -6.12. The lowest BCUT2D eigenvalue weighted by Crippen LogP contribution is -2.59. The maximum Gasteiger partial charge on any atom is 0.338 e. The Labute approximate surface area is 405 Å². The van der Waals surface area contributed by atoms with Gasteiger partial charge in [-0.25, -0.2) is 4.79 Å². The van der Waals surface area contributed by atoms with Crippen LogP contribution in [0.3, 0.4) is 0 Å². The molecule has 372 valence electrons. The van der Waals surface area contributed by atoms with E-state index >= 15 is 0 Å². The Bertz CT molecular complexity index is 2450. The van der Waals surface area contributed by atoms with Crippen LogP contribution in [-0.4, -0.2) is 130 Å². The van der Waals surface area contributed by atoms with Gasteiger partial charge in [0.25, 0.3) is 5.91 Å². The van der Waals surface area contributed by atoms with Crippen LogP contribution in [0.5, 0.6) is 0 Å². The van der Waals surface area contributed by atoms with E-state index in [1.165, 1.54) is 0 Å². The predicted octanol–water partition coefficient (Wildman–Crippen LogP) is 3.59. The third-order valence-corrected chi connectivity index (χ3v) is 11.9. The van der Waals surface area contributed by atoms with Crippen LogP contribution in [0.4, 0.5) is 0 Å². The number of amides is 2. The molecule has 0 saturated carbocycles. The fraction of sp³-hybridized carbons (Fsp3) is 0.396. The van der Waals surface area contributed by atoms with Gasteiger partial charge in [-0.1, -0.05) is 97.1 Å². The summed E-state index contributed by atoms with van der Waals surface area (Å²) < 4.78 is 36.2. The number of nitrogens with one attached hydrogen (secondary N) is 2. The van der Waals surface area contributed by atoms with Gasteiger partial charge in [-0.15, -0.1) is 0 Å². The highest BCUT2D eigenvalue weighted by Gasteiger charge is 2.55. The first-order chi connectivity index (χ1) is 33.6. The molecule has 7 N–H and O–H groups in total. The number of hydrogen-bond acceptors (Lipinski definition) is 15. The van der Waals surface area contributed by atoms with Crippen molar-refractivity contribution < 1.29 is 73.1 Å². The molecular weight excluding hydrogens is 905 g/mol. The number of carbonyl (C=O) groups is 4. The van der Waals surface area contributed by atoms with E-state index in [1.807, 2.05) is 60.7 Å². The van der Waals surface area contributed by atoms with Crippen LogP contribution in [0.2, 0.25) is 0 Å². The fourth-order valence-corrected chi connectivity index (χ4v) is 8.39. The second-order valence-corrected chi connectivity index (χ2v) is 18.3. The van der Waals surface area contributed by atoms with Crippen molar-refractivity contribution in [2.45, 2.75) is 113 Å². The highest BCUT2D eigenvalue weighted by atomic mass is 16.8. The Balaban J connectivity index is 1.05. The zero-order valence-corrected chi connectivity index (χ0v) is 39.1. The Morgan fingerprint density at radius 3 is 2.17 bits per heavy atom. The van der Waals surface area contributed by atoms with Crippen molar-refractivity contribution in [1.29, 1.82) is 0 Å². The van der Waals surface area contributed by atoms with Gasteiger partial charge in [0.15, 0.2) is 6.29 Å². The molecule has 0 radical (unpaired) electrons. The number of carbonyl (C=O) groups excluding carboxylic acids is 4. The first-order valence-electron chi connectivity index (χ1n) is 23.1. The third kappa shape index (κ3) is 12.8. The SMILES string of the molecule is CC(C)(C)OC(=O)CCC(CO)NC(=O)c1cccc(CNC(=O)C2=CC3OC(c4ccccc4)(c4ccccc4)OC3C(OC(=O)c3cccc(C=CCOC4OC(CO)C(O)C(O)C4O)c3)C2)c1. The molecule has 2 fully saturated rings. The number of esters is 2. The lowest BCUT2D eigenvalue weighted by Gasteiger charge is -2.39. The lowest BCUT2D eigenvalue weighted by atomic mass is 9.91. The molecule has 2 heterocycles. The topological polar surface area (TPSA) is 249 Å². The van der Waals surface area contributed by atoms with Crippen LogP contribution in [0.15, 0.2) is 127 Å². The summed E-state index contributed by atoms with van der Waals surface area (Å²) in [6.45, 7) is 4.23. The molecular formula is C53H60N2O15. The molecule has 0 aromatic heterocycles. The van der Waals surface area contributed by atoms with Gasteiger partial charge >= 0.3 is 11.9 Å².